The molecule has 84 valence electrons. The smallest absolute Gasteiger partial charge is 0.471 e. The number of aliphatic carboxylic acids is 1. The highest BCUT2D eigenvalue weighted by Crippen LogP contribution is 2.47. The standard InChI is InChI=1S/C8H8F3NO3/c9-8(10,11)7(15)12-2-3-1-4(12)5(3)6(13)14/h3-5H,1-2H2,(H,13,14)/t3-,4-,5-/m1/s1. The zero-order valence-corrected chi connectivity index (χ0v) is 7.49. The van der Waals surface area contributed by atoms with Crippen molar-refractivity contribution >= 4 is 11.9 Å². The van der Waals surface area contributed by atoms with Crippen molar-refractivity contribution in [1.29, 1.82) is 0 Å². The highest BCUT2D eigenvalue weighted by molar-refractivity contribution is 5.85. The van der Waals surface area contributed by atoms with Gasteiger partial charge in [0.2, 0.25) is 0 Å². The minimum Gasteiger partial charge on any atom is -0.481 e. The largest absolute Gasteiger partial charge is 0.481 e. The third kappa shape index (κ3) is 1.37. The van der Waals surface area contributed by atoms with Crippen LogP contribution in [-0.2, 0) is 9.59 Å². The predicted octanol–water partition coefficient (Wildman–Crippen LogP) is 0.480. The molecule has 3 aliphatic rings. The van der Waals surface area contributed by atoms with Gasteiger partial charge in [-0.05, 0) is 12.3 Å². The highest BCUT2D eigenvalue weighted by atomic mass is 19.4. The number of carboxylic acid groups (broad SMARTS) is 1. The van der Waals surface area contributed by atoms with Crippen LogP contribution >= 0.6 is 0 Å². The summed E-state index contributed by atoms with van der Waals surface area (Å²) in [7, 11) is 0. The molecule has 2 aliphatic heterocycles. The second kappa shape index (κ2) is 2.86. The van der Waals surface area contributed by atoms with Crippen molar-refractivity contribution < 1.29 is 27.9 Å². The van der Waals surface area contributed by atoms with Gasteiger partial charge in [0.15, 0.2) is 0 Å². The molecule has 0 aromatic heterocycles. The number of hydrogen-bond acceptors (Lipinski definition) is 2. The lowest BCUT2D eigenvalue weighted by Crippen LogP contribution is -2.48. The molecule has 0 aromatic carbocycles. The van der Waals surface area contributed by atoms with E-state index in [4.69, 9.17) is 5.11 Å². The number of carbonyl (C=O) groups excluding carboxylic acids is 1. The van der Waals surface area contributed by atoms with E-state index in [0.29, 0.717) is 11.3 Å². The average Bonchev–Trinajstić information content (AvgIpc) is 2.55. The summed E-state index contributed by atoms with van der Waals surface area (Å²) in [5, 5.41) is 8.70. The van der Waals surface area contributed by atoms with Crippen molar-refractivity contribution in [3.63, 3.8) is 0 Å². The van der Waals surface area contributed by atoms with Crippen LogP contribution in [0.2, 0.25) is 0 Å². The van der Waals surface area contributed by atoms with Gasteiger partial charge in [0.1, 0.15) is 0 Å². The molecule has 0 radical (unpaired) electrons. The highest BCUT2D eigenvalue weighted by Gasteiger charge is 2.60. The van der Waals surface area contributed by atoms with E-state index in [1.807, 2.05) is 0 Å². The Labute approximate surface area is 82.7 Å². The minimum absolute atomic E-state index is 0.0834. The molecule has 15 heavy (non-hydrogen) atoms. The Morgan fingerprint density at radius 2 is 1.93 bits per heavy atom. The van der Waals surface area contributed by atoms with E-state index in [0.717, 1.165) is 0 Å². The quantitative estimate of drug-likeness (QED) is 0.703. The molecule has 7 heteroatoms. The van der Waals surface area contributed by atoms with Crippen LogP contribution in [0.15, 0.2) is 0 Å². The summed E-state index contributed by atoms with van der Waals surface area (Å²) in [5.41, 5.74) is 0. The van der Waals surface area contributed by atoms with Gasteiger partial charge >= 0.3 is 18.1 Å². The molecule has 1 amide bonds. The molecule has 0 aromatic rings. The van der Waals surface area contributed by atoms with Gasteiger partial charge in [-0.2, -0.15) is 13.2 Å². The third-order valence-corrected chi connectivity index (χ3v) is 3.09. The summed E-state index contributed by atoms with van der Waals surface area (Å²) in [6.07, 6.45) is -4.53. The summed E-state index contributed by atoms with van der Waals surface area (Å²) in [4.78, 5) is 22.2. The van der Waals surface area contributed by atoms with E-state index in [1.165, 1.54) is 0 Å². The Morgan fingerprint density at radius 3 is 2.33 bits per heavy atom. The van der Waals surface area contributed by atoms with Crippen LogP contribution in [0.25, 0.3) is 0 Å². The number of carboxylic acids is 1. The third-order valence-electron chi connectivity index (χ3n) is 3.09. The van der Waals surface area contributed by atoms with E-state index in [1.54, 1.807) is 0 Å². The summed E-state index contributed by atoms with van der Waals surface area (Å²) >= 11 is 0. The number of carbonyl (C=O) groups is 2. The monoisotopic (exact) mass is 223 g/mol. The first-order valence-corrected chi connectivity index (χ1v) is 4.43. The second-order valence-electron chi connectivity index (χ2n) is 3.88. The van der Waals surface area contributed by atoms with Crippen LogP contribution in [0.3, 0.4) is 0 Å². The van der Waals surface area contributed by atoms with E-state index < -0.39 is 30.0 Å². The van der Waals surface area contributed by atoms with Crippen molar-refractivity contribution in [2.75, 3.05) is 6.54 Å². The van der Waals surface area contributed by atoms with Gasteiger partial charge in [0, 0.05) is 12.6 Å². The lowest BCUT2D eigenvalue weighted by molar-refractivity contribution is -0.186. The van der Waals surface area contributed by atoms with Gasteiger partial charge in [-0.3, -0.25) is 9.59 Å². The maximum Gasteiger partial charge on any atom is 0.471 e. The van der Waals surface area contributed by atoms with Crippen LogP contribution in [0.1, 0.15) is 6.42 Å². The molecular formula is C8H8F3NO3. The van der Waals surface area contributed by atoms with Gasteiger partial charge in [0.25, 0.3) is 0 Å². The predicted molar refractivity (Wildman–Crippen MR) is 40.8 cm³/mol. The number of nitrogens with zero attached hydrogens (tertiary/aromatic N) is 1. The maximum absolute atomic E-state index is 12.1. The van der Waals surface area contributed by atoms with Gasteiger partial charge in [-0.1, -0.05) is 0 Å². The second-order valence-corrected chi connectivity index (χ2v) is 3.88. The first kappa shape index (κ1) is 10.3. The first-order valence-electron chi connectivity index (χ1n) is 4.43. The Balaban J connectivity index is 2.11. The number of rotatable bonds is 1. The first-order chi connectivity index (χ1) is 6.82. The van der Waals surface area contributed by atoms with Gasteiger partial charge in [0.05, 0.1) is 5.92 Å². The molecule has 1 saturated carbocycles. The molecule has 2 bridgehead atoms. The van der Waals surface area contributed by atoms with Crippen molar-refractivity contribution in [2.24, 2.45) is 11.8 Å². The lowest BCUT2D eigenvalue weighted by atomic mass is 9.74. The number of amides is 1. The number of hydrogen-bond donors (Lipinski definition) is 1. The molecule has 3 fully saturated rings. The summed E-state index contributed by atoms with van der Waals surface area (Å²) in [6.45, 7) is -0.0834. The summed E-state index contributed by atoms with van der Waals surface area (Å²) in [6, 6.07) is -0.762. The van der Waals surface area contributed by atoms with Crippen molar-refractivity contribution in [2.45, 2.75) is 18.6 Å². The molecule has 4 nitrogen and oxygen atoms in total. The molecular weight excluding hydrogens is 215 g/mol. The molecule has 1 aliphatic carbocycles. The molecule has 1 N–H and O–H groups in total. The van der Waals surface area contributed by atoms with Crippen LogP contribution in [0.5, 0.6) is 0 Å². The SMILES string of the molecule is O=C(O)[C@@H]1[C@@H]2C[C@H]1N(C(=O)C(F)(F)F)C2. The molecule has 0 unspecified atom stereocenters. The van der Waals surface area contributed by atoms with Gasteiger partial charge in [-0.25, -0.2) is 0 Å². The molecule has 3 rings (SSSR count). The van der Waals surface area contributed by atoms with E-state index in [-0.39, 0.29) is 12.5 Å². The number of halogens is 3. The van der Waals surface area contributed by atoms with Crippen LogP contribution in [-0.4, -0.2) is 40.6 Å². The van der Waals surface area contributed by atoms with Gasteiger partial charge in [-0.15, -0.1) is 0 Å². The Morgan fingerprint density at radius 1 is 1.33 bits per heavy atom. The Bertz CT molecular complexity index is 328. The fourth-order valence-corrected chi connectivity index (χ4v) is 2.38. The Hall–Kier alpha value is -1.27. The van der Waals surface area contributed by atoms with Crippen molar-refractivity contribution in [3.05, 3.63) is 0 Å². The molecule has 2 saturated heterocycles. The van der Waals surface area contributed by atoms with E-state index in [2.05, 4.69) is 0 Å². The van der Waals surface area contributed by atoms with Crippen LogP contribution in [0, 0.1) is 11.8 Å². The van der Waals surface area contributed by atoms with Crippen molar-refractivity contribution in [3.8, 4) is 0 Å². The van der Waals surface area contributed by atoms with Crippen LogP contribution in [0.4, 0.5) is 13.2 Å². The molecule has 3 atom stereocenters. The lowest BCUT2D eigenvalue weighted by Gasteiger charge is -2.33. The van der Waals surface area contributed by atoms with E-state index in [9.17, 15) is 22.8 Å². The van der Waals surface area contributed by atoms with Crippen LogP contribution < -0.4 is 0 Å². The summed E-state index contributed by atoms with van der Waals surface area (Å²) in [5.74, 6) is -4.15. The summed E-state index contributed by atoms with van der Waals surface area (Å²) < 4.78 is 36.2. The maximum atomic E-state index is 12.1. The zero-order valence-electron chi connectivity index (χ0n) is 7.49. The fraction of sp³-hybridized carbons (Fsp3) is 0.750. The average molecular weight is 223 g/mol. The van der Waals surface area contributed by atoms with Crippen molar-refractivity contribution in [1.82, 2.24) is 4.90 Å². The molecule has 2 heterocycles. The van der Waals surface area contributed by atoms with Gasteiger partial charge < -0.3 is 10.0 Å². The Kier molecular flexibility index (Phi) is 1.96. The normalized spacial score (nSPS) is 33.8. The number of alkyl halides is 3. The topological polar surface area (TPSA) is 57.6 Å². The minimum atomic E-state index is -4.90. The number of fused-ring (bicyclic) bond motifs is 1. The fourth-order valence-electron chi connectivity index (χ4n) is 2.38. The zero-order chi connectivity index (χ0) is 11.4. The van der Waals surface area contributed by atoms with E-state index >= 15 is 0 Å². The molecule has 0 spiro atoms.